The van der Waals surface area contributed by atoms with Gasteiger partial charge in [0.25, 0.3) is 0 Å². The fourth-order valence-electron chi connectivity index (χ4n) is 4.92. The van der Waals surface area contributed by atoms with Gasteiger partial charge in [-0.25, -0.2) is 0 Å². The summed E-state index contributed by atoms with van der Waals surface area (Å²) in [7, 11) is 4.05. The van der Waals surface area contributed by atoms with Crippen molar-refractivity contribution < 1.29 is 4.74 Å². The van der Waals surface area contributed by atoms with Crippen LogP contribution in [0.1, 0.15) is 121 Å². The Balaban J connectivity index is 1.58. The lowest BCUT2D eigenvalue weighted by Gasteiger charge is -2.18. The van der Waals surface area contributed by atoms with Gasteiger partial charge in [-0.1, -0.05) is 134 Å². The van der Waals surface area contributed by atoms with Gasteiger partial charge >= 0.3 is 0 Å². The van der Waals surface area contributed by atoms with Gasteiger partial charge in [0.1, 0.15) is 0 Å². The summed E-state index contributed by atoms with van der Waals surface area (Å²) in [5.74, 6) is 0.472. The molecule has 0 fully saturated rings. The minimum Gasteiger partial charge on any atom is -0.488 e. The number of rotatable bonds is 22. The van der Waals surface area contributed by atoms with Crippen LogP contribution < -0.4 is 10.2 Å². The summed E-state index contributed by atoms with van der Waals surface area (Å²) < 4.78 is 8.10. The van der Waals surface area contributed by atoms with Gasteiger partial charge in [0.15, 0.2) is 5.75 Å². The number of ether oxygens (including phenoxy) is 1. The Morgan fingerprint density at radius 3 is 1.76 bits per heavy atom. The highest BCUT2D eigenvalue weighted by Crippen LogP contribution is 2.15. The first-order valence-electron chi connectivity index (χ1n) is 15.1. The van der Waals surface area contributed by atoms with E-state index in [1.165, 1.54) is 102 Å². The van der Waals surface area contributed by atoms with E-state index < -0.39 is 0 Å². The maximum atomic E-state index is 12.7. The Kier molecular flexibility index (Phi) is 16.8. The molecule has 0 N–H and O–H groups in total. The Morgan fingerprint density at radius 1 is 0.730 bits per heavy atom. The van der Waals surface area contributed by atoms with Crippen molar-refractivity contribution in [3.63, 3.8) is 0 Å². The van der Waals surface area contributed by atoms with Gasteiger partial charge in [-0.05, 0) is 26.1 Å². The number of hydrogen-bond acceptors (Lipinski definition) is 3. The maximum Gasteiger partial charge on any atom is 0.223 e. The van der Waals surface area contributed by atoms with Gasteiger partial charge in [0, 0.05) is 24.8 Å². The zero-order valence-electron chi connectivity index (χ0n) is 24.2. The van der Waals surface area contributed by atoms with Crippen molar-refractivity contribution in [2.45, 2.75) is 123 Å². The molecule has 0 unspecified atom stereocenters. The molecule has 4 heteroatoms. The normalized spacial score (nSPS) is 11.4. The third kappa shape index (κ3) is 14.4. The molecular formula is C33H54N2O2. The third-order valence-corrected chi connectivity index (χ3v) is 7.11. The van der Waals surface area contributed by atoms with Crippen molar-refractivity contribution in [3.05, 3.63) is 64.1 Å². The molecule has 208 valence electrons. The summed E-state index contributed by atoms with van der Waals surface area (Å²) in [5, 5.41) is 0. The van der Waals surface area contributed by atoms with E-state index in [4.69, 9.17) is 4.74 Å². The number of benzene rings is 1. The Hall–Kier alpha value is -2.07. The van der Waals surface area contributed by atoms with Gasteiger partial charge in [-0.15, -0.1) is 0 Å². The van der Waals surface area contributed by atoms with E-state index in [1.807, 2.05) is 26.4 Å². The van der Waals surface area contributed by atoms with Crippen LogP contribution in [0.5, 0.6) is 5.75 Å². The molecule has 1 aromatic heterocycles. The molecule has 0 saturated heterocycles. The molecule has 0 aliphatic rings. The van der Waals surface area contributed by atoms with E-state index in [-0.39, 0.29) is 5.43 Å². The van der Waals surface area contributed by atoms with Gasteiger partial charge < -0.3 is 14.2 Å². The summed E-state index contributed by atoms with van der Waals surface area (Å²) in [4.78, 5) is 14.8. The predicted octanol–water partition coefficient (Wildman–Crippen LogP) is 8.60. The van der Waals surface area contributed by atoms with Crippen LogP contribution in [-0.4, -0.2) is 30.2 Å². The van der Waals surface area contributed by atoms with Gasteiger partial charge in [-0.2, -0.15) is 0 Å². The first-order valence-corrected chi connectivity index (χ1v) is 15.1. The SMILES string of the molecule is CCCCCCCCCCCCCCCCCCOc1cn(Cc2ccccc2)c(CN(C)C)cc1=O. The van der Waals surface area contributed by atoms with E-state index in [0.29, 0.717) is 12.4 Å². The number of nitrogens with zero attached hydrogens (tertiary/aromatic N) is 2. The van der Waals surface area contributed by atoms with Gasteiger partial charge in [0.05, 0.1) is 12.8 Å². The minimum atomic E-state index is -0.0161. The summed E-state index contributed by atoms with van der Waals surface area (Å²) >= 11 is 0. The molecule has 0 radical (unpaired) electrons. The second kappa shape index (κ2) is 20.0. The minimum absolute atomic E-state index is 0.0161. The third-order valence-electron chi connectivity index (χ3n) is 7.11. The van der Waals surface area contributed by atoms with Crippen LogP contribution in [0.15, 0.2) is 47.4 Å². The molecule has 0 atom stereocenters. The quantitative estimate of drug-likeness (QED) is 0.149. The van der Waals surface area contributed by atoms with E-state index in [9.17, 15) is 4.79 Å². The highest BCUT2D eigenvalue weighted by molar-refractivity contribution is 5.24. The second-order valence-electron chi connectivity index (χ2n) is 11.0. The molecule has 37 heavy (non-hydrogen) atoms. The average molecular weight is 511 g/mol. The monoisotopic (exact) mass is 510 g/mol. The first kappa shape index (κ1) is 31.1. The van der Waals surface area contributed by atoms with E-state index in [2.05, 4.69) is 40.7 Å². The molecule has 1 heterocycles. The zero-order chi connectivity index (χ0) is 26.6. The van der Waals surface area contributed by atoms with E-state index in [0.717, 1.165) is 25.2 Å². The number of hydrogen-bond donors (Lipinski definition) is 0. The Bertz CT molecular complexity index is 876. The molecule has 2 rings (SSSR count). The Morgan fingerprint density at radius 2 is 1.24 bits per heavy atom. The summed E-state index contributed by atoms with van der Waals surface area (Å²) in [6, 6.07) is 12.1. The largest absolute Gasteiger partial charge is 0.488 e. The fourth-order valence-corrected chi connectivity index (χ4v) is 4.92. The molecule has 0 amide bonds. The van der Waals surface area contributed by atoms with Crippen LogP contribution in [0.25, 0.3) is 0 Å². The summed E-state index contributed by atoms with van der Waals surface area (Å²) in [5.41, 5.74) is 2.21. The van der Waals surface area contributed by atoms with E-state index >= 15 is 0 Å². The van der Waals surface area contributed by atoms with Crippen LogP contribution in [0, 0.1) is 0 Å². The molecular weight excluding hydrogens is 456 g/mol. The lowest BCUT2D eigenvalue weighted by atomic mass is 10.0. The standard InChI is InChI=1S/C33H54N2O2/c1-4-5-6-7-8-9-10-11-12-13-14-15-16-17-18-22-25-37-33-29-35(27-30-23-20-19-21-24-30)31(26-32(33)36)28-34(2)3/h19-21,23-24,26,29H,4-18,22,25,27-28H2,1-3H3. The highest BCUT2D eigenvalue weighted by Gasteiger charge is 2.10. The first-order chi connectivity index (χ1) is 18.1. The van der Waals surface area contributed by atoms with Crippen molar-refractivity contribution in [1.29, 1.82) is 0 Å². The maximum absolute atomic E-state index is 12.7. The predicted molar refractivity (Wildman–Crippen MR) is 159 cm³/mol. The van der Waals surface area contributed by atoms with Crippen LogP contribution in [-0.2, 0) is 13.1 Å². The van der Waals surface area contributed by atoms with Crippen LogP contribution >= 0.6 is 0 Å². The summed E-state index contributed by atoms with van der Waals surface area (Å²) in [6.07, 6.45) is 23.6. The van der Waals surface area contributed by atoms with Gasteiger partial charge in [-0.3, -0.25) is 4.79 Å². The van der Waals surface area contributed by atoms with Crippen LogP contribution in [0.3, 0.4) is 0 Å². The van der Waals surface area contributed by atoms with Crippen LogP contribution in [0.4, 0.5) is 0 Å². The molecule has 0 spiro atoms. The molecule has 2 aromatic rings. The molecule has 1 aromatic carbocycles. The number of pyridine rings is 1. The average Bonchev–Trinajstić information content (AvgIpc) is 2.88. The van der Waals surface area contributed by atoms with Crippen LogP contribution in [0.2, 0.25) is 0 Å². The second-order valence-corrected chi connectivity index (χ2v) is 11.0. The van der Waals surface area contributed by atoms with E-state index in [1.54, 1.807) is 6.07 Å². The fraction of sp³-hybridized carbons (Fsp3) is 0.667. The topological polar surface area (TPSA) is 34.5 Å². The van der Waals surface area contributed by atoms with Gasteiger partial charge in [0.2, 0.25) is 5.43 Å². The van der Waals surface area contributed by atoms with Crippen molar-refractivity contribution >= 4 is 0 Å². The zero-order valence-corrected chi connectivity index (χ0v) is 24.2. The Labute approximate surface area is 227 Å². The summed E-state index contributed by atoms with van der Waals surface area (Å²) in [6.45, 7) is 4.36. The number of unbranched alkanes of at least 4 members (excludes halogenated alkanes) is 15. The van der Waals surface area contributed by atoms with Crippen molar-refractivity contribution in [3.8, 4) is 5.75 Å². The molecule has 0 aliphatic heterocycles. The lowest BCUT2D eigenvalue weighted by Crippen LogP contribution is -2.21. The number of aromatic nitrogens is 1. The molecule has 0 bridgehead atoms. The smallest absolute Gasteiger partial charge is 0.223 e. The molecule has 0 saturated carbocycles. The lowest BCUT2D eigenvalue weighted by molar-refractivity contribution is 0.297. The van der Waals surface area contributed by atoms with Crippen molar-refractivity contribution in [1.82, 2.24) is 9.47 Å². The molecule has 0 aliphatic carbocycles. The van der Waals surface area contributed by atoms with Crippen molar-refractivity contribution in [2.24, 2.45) is 0 Å². The van der Waals surface area contributed by atoms with Crippen molar-refractivity contribution in [2.75, 3.05) is 20.7 Å². The molecule has 4 nitrogen and oxygen atoms in total. The highest BCUT2D eigenvalue weighted by atomic mass is 16.5.